The van der Waals surface area contributed by atoms with E-state index in [1.54, 1.807) is 23.1 Å². The van der Waals surface area contributed by atoms with Crippen molar-refractivity contribution in [3.63, 3.8) is 0 Å². The molecule has 1 aromatic heterocycles. The number of aromatic nitrogens is 2. The van der Waals surface area contributed by atoms with Crippen molar-refractivity contribution in [3.05, 3.63) is 89.5 Å². The normalized spacial score (nSPS) is 12.6. The third-order valence-corrected chi connectivity index (χ3v) is 6.87. The third-order valence-electron chi connectivity index (χ3n) is 4.67. The topological polar surface area (TPSA) is 37.8 Å². The number of fused-ring (bicyclic) bond motifs is 3. The lowest BCUT2D eigenvalue weighted by atomic mass is 10.1. The van der Waals surface area contributed by atoms with Crippen molar-refractivity contribution < 1.29 is 0 Å². The molecule has 0 bridgehead atoms. The highest BCUT2D eigenvalue weighted by Gasteiger charge is 2.29. The van der Waals surface area contributed by atoms with Gasteiger partial charge in [-0.1, -0.05) is 83.8 Å². The zero-order valence-electron chi connectivity index (χ0n) is 14.7. The molecule has 5 heteroatoms. The van der Waals surface area contributed by atoms with Gasteiger partial charge in [0, 0.05) is 5.69 Å². The maximum absolute atomic E-state index is 4.41. The van der Waals surface area contributed by atoms with Crippen molar-refractivity contribution in [3.8, 4) is 11.1 Å². The minimum atomic E-state index is 0.261. The van der Waals surface area contributed by atoms with Gasteiger partial charge in [-0.05, 0) is 46.9 Å². The Morgan fingerprint density at radius 2 is 1.56 bits per heavy atom. The molecule has 1 heterocycles. The Bertz CT molecular complexity index is 1070. The van der Waals surface area contributed by atoms with Gasteiger partial charge in [-0.3, -0.25) is 0 Å². The number of hydrogen-bond donors (Lipinski definition) is 1. The van der Waals surface area contributed by atoms with E-state index in [9.17, 15) is 0 Å². The highest BCUT2D eigenvalue weighted by Crippen LogP contribution is 2.52. The predicted octanol–water partition coefficient (Wildman–Crippen LogP) is 6.45. The molecule has 0 amide bonds. The number of hydrogen-bond acceptors (Lipinski definition) is 5. The molecule has 5 rings (SSSR count). The third kappa shape index (κ3) is 3.13. The van der Waals surface area contributed by atoms with E-state index in [1.807, 2.05) is 12.1 Å². The largest absolute Gasteiger partial charge is 0.330 e. The zero-order valence-corrected chi connectivity index (χ0v) is 16.3. The van der Waals surface area contributed by atoms with Gasteiger partial charge in [0.05, 0.1) is 5.25 Å². The maximum atomic E-state index is 4.41. The summed E-state index contributed by atoms with van der Waals surface area (Å²) in [5, 5.41) is 13.2. The highest BCUT2D eigenvalue weighted by atomic mass is 32.2. The number of aryl methyl sites for hydroxylation is 1. The molecule has 0 aliphatic heterocycles. The van der Waals surface area contributed by atoms with Gasteiger partial charge in [0.1, 0.15) is 0 Å². The molecular weight excluding hydrogens is 370 g/mol. The highest BCUT2D eigenvalue weighted by molar-refractivity contribution is 8.01. The number of thioether (sulfide) groups is 1. The molecule has 0 saturated heterocycles. The fourth-order valence-electron chi connectivity index (χ4n) is 3.49. The van der Waals surface area contributed by atoms with Crippen LogP contribution in [0.4, 0.5) is 10.8 Å². The van der Waals surface area contributed by atoms with E-state index in [0.717, 1.165) is 15.2 Å². The van der Waals surface area contributed by atoms with Crippen LogP contribution in [0.15, 0.2) is 77.1 Å². The number of anilines is 2. The smallest absolute Gasteiger partial charge is 0.210 e. The molecule has 0 atom stereocenters. The molecule has 4 aromatic rings. The summed E-state index contributed by atoms with van der Waals surface area (Å²) >= 11 is 3.38. The average Bonchev–Trinajstić information content (AvgIpc) is 3.25. The maximum Gasteiger partial charge on any atom is 0.210 e. The van der Waals surface area contributed by atoms with Gasteiger partial charge in [0.15, 0.2) is 4.34 Å². The summed E-state index contributed by atoms with van der Waals surface area (Å²) in [6.07, 6.45) is 0. The number of nitrogens with zero attached hydrogens (tertiary/aromatic N) is 2. The molecule has 132 valence electrons. The molecule has 1 aliphatic rings. The van der Waals surface area contributed by atoms with Crippen molar-refractivity contribution in [2.75, 3.05) is 5.32 Å². The second-order valence-corrected chi connectivity index (χ2v) is 8.87. The van der Waals surface area contributed by atoms with Crippen LogP contribution < -0.4 is 5.32 Å². The van der Waals surface area contributed by atoms with Crippen molar-refractivity contribution in [1.29, 1.82) is 0 Å². The molecular formula is C22H17N3S2. The second kappa shape index (κ2) is 6.83. The molecule has 3 nitrogen and oxygen atoms in total. The summed E-state index contributed by atoms with van der Waals surface area (Å²) in [5.41, 5.74) is 7.62. The molecule has 1 aliphatic carbocycles. The lowest BCUT2D eigenvalue weighted by molar-refractivity contribution is 1.01. The first-order valence-corrected chi connectivity index (χ1v) is 10.5. The van der Waals surface area contributed by atoms with Gasteiger partial charge >= 0.3 is 0 Å². The van der Waals surface area contributed by atoms with Crippen molar-refractivity contribution in [2.24, 2.45) is 0 Å². The fourth-order valence-corrected chi connectivity index (χ4v) is 5.66. The van der Waals surface area contributed by atoms with E-state index < -0.39 is 0 Å². The van der Waals surface area contributed by atoms with Crippen LogP contribution in [0, 0.1) is 6.92 Å². The summed E-state index contributed by atoms with van der Waals surface area (Å²) in [6.45, 7) is 2.08. The van der Waals surface area contributed by atoms with Crippen LogP contribution in [0.5, 0.6) is 0 Å². The van der Waals surface area contributed by atoms with E-state index in [-0.39, 0.29) is 5.25 Å². The van der Waals surface area contributed by atoms with E-state index in [4.69, 9.17) is 0 Å². The molecule has 27 heavy (non-hydrogen) atoms. The summed E-state index contributed by atoms with van der Waals surface area (Å²) in [4.78, 5) is 0. The van der Waals surface area contributed by atoms with Crippen LogP contribution in [-0.2, 0) is 0 Å². The number of rotatable bonds is 4. The van der Waals surface area contributed by atoms with Gasteiger partial charge in [-0.25, -0.2) is 0 Å². The van der Waals surface area contributed by atoms with Crippen LogP contribution in [0.25, 0.3) is 11.1 Å². The molecule has 0 spiro atoms. The average molecular weight is 388 g/mol. The van der Waals surface area contributed by atoms with Crippen LogP contribution in [0.2, 0.25) is 0 Å². The van der Waals surface area contributed by atoms with Gasteiger partial charge in [-0.15, -0.1) is 10.2 Å². The monoisotopic (exact) mass is 387 g/mol. The zero-order chi connectivity index (χ0) is 18.2. The van der Waals surface area contributed by atoms with Crippen LogP contribution >= 0.6 is 23.1 Å². The van der Waals surface area contributed by atoms with Crippen molar-refractivity contribution in [1.82, 2.24) is 10.2 Å². The molecule has 3 aromatic carbocycles. The molecule has 1 N–H and O–H groups in total. The predicted molar refractivity (Wildman–Crippen MR) is 114 cm³/mol. The Morgan fingerprint density at radius 1 is 0.852 bits per heavy atom. The van der Waals surface area contributed by atoms with Gasteiger partial charge in [0.2, 0.25) is 5.13 Å². The molecule has 0 saturated carbocycles. The van der Waals surface area contributed by atoms with Crippen LogP contribution in [-0.4, -0.2) is 10.2 Å². The van der Waals surface area contributed by atoms with Gasteiger partial charge in [0.25, 0.3) is 0 Å². The Balaban J connectivity index is 1.42. The fraction of sp³-hybridized carbons (Fsp3) is 0.0909. The lowest BCUT2D eigenvalue weighted by Crippen LogP contribution is -1.90. The number of benzene rings is 3. The van der Waals surface area contributed by atoms with Crippen molar-refractivity contribution >= 4 is 33.9 Å². The van der Waals surface area contributed by atoms with E-state index in [1.165, 1.54) is 27.8 Å². The first-order valence-electron chi connectivity index (χ1n) is 8.80. The summed E-state index contributed by atoms with van der Waals surface area (Å²) in [7, 11) is 0. The van der Waals surface area contributed by atoms with Crippen LogP contribution in [0.3, 0.4) is 0 Å². The summed E-state index contributed by atoms with van der Waals surface area (Å²) in [5.74, 6) is 0. The Labute approximate surface area is 166 Å². The summed E-state index contributed by atoms with van der Waals surface area (Å²) < 4.78 is 0.974. The standard InChI is InChI=1S/C22H17N3S2/c1-14-7-6-8-15(13-14)23-21-24-25-22(27-21)26-20-18-11-4-2-9-16(18)17-10-3-5-12-19(17)20/h2-13,20H,1H3,(H,23,24). The van der Waals surface area contributed by atoms with E-state index in [0.29, 0.717) is 0 Å². The minimum absolute atomic E-state index is 0.261. The van der Waals surface area contributed by atoms with E-state index in [2.05, 4.69) is 83.1 Å². The lowest BCUT2D eigenvalue weighted by Gasteiger charge is -2.10. The van der Waals surface area contributed by atoms with Crippen molar-refractivity contribution in [2.45, 2.75) is 16.5 Å². The molecule has 0 radical (unpaired) electrons. The van der Waals surface area contributed by atoms with Crippen LogP contribution in [0.1, 0.15) is 21.9 Å². The number of nitrogens with one attached hydrogen (secondary N) is 1. The Morgan fingerprint density at radius 3 is 2.26 bits per heavy atom. The SMILES string of the molecule is Cc1cccc(Nc2nnc(SC3c4ccccc4-c4ccccc43)s2)c1. The summed E-state index contributed by atoms with van der Waals surface area (Å²) in [6, 6.07) is 25.6. The quantitative estimate of drug-likeness (QED) is 0.436. The van der Waals surface area contributed by atoms with Gasteiger partial charge < -0.3 is 5.32 Å². The Kier molecular flexibility index (Phi) is 4.19. The first-order chi connectivity index (χ1) is 13.3. The first kappa shape index (κ1) is 16.5. The minimum Gasteiger partial charge on any atom is -0.330 e. The molecule has 0 fully saturated rings. The molecule has 0 unspecified atom stereocenters. The van der Waals surface area contributed by atoms with Gasteiger partial charge in [-0.2, -0.15) is 0 Å². The van der Waals surface area contributed by atoms with E-state index >= 15 is 0 Å². The second-order valence-electron chi connectivity index (χ2n) is 6.54. The Hall–Kier alpha value is -2.63.